The Morgan fingerprint density at radius 3 is 2.50 bits per heavy atom. The van der Waals surface area contributed by atoms with Crippen molar-refractivity contribution in [3.63, 3.8) is 0 Å². The smallest absolute Gasteiger partial charge is 0.261 e. The molecule has 7 heteroatoms. The van der Waals surface area contributed by atoms with Crippen LogP contribution in [0.1, 0.15) is 72.9 Å². The maximum atomic E-state index is 13.9. The fraction of sp³-hybridized carbons (Fsp3) is 0.290. The Morgan fingerprint density at radius 2 is 1.84 bits per heavy atom. The van der Waals surface area contributed by atoms with Gasteiger partial charge >= 0.3 is 0 Å². The zero-order valence-corrected chi connectivity index (χ0v) is 21.9. The Labute approximate surface area is 222 Å². The zero-order chi connectivity index (χ0) is 27.2. The van der Waals surface area contributed by atoms with E-state index in [1.54, 1.807) is 23.6 Å². The second-order valence-electron chi connectivity index (χ2n) is 9.41. The molecule has 0 radical (unpaired) electrons. The van der Waals surface area contributed by atoms with Crippen LogP contribution in [0.2, 0.25) is 0 Å². The van der Waals surface area contributed by atoms with E-state index in [1.807, 2.05) is 49.4 Å². The van der Waals surface area contributed by atoms with E-state index in [9.17, 15) is 19.6 Å². The zero-order valence-electron chi connectivity index (χ0n) is 21.9. The first-order chi connectivity index (χ1) is 18.4. The molecule has 0 spiro atoms. The minimum absolute atomic E-state index is 0.210. The first-order valence-corrected chi connectivity index (χ1v) is 12.9. The van der Waals surface area contributed by atoms with Gasteiger partial charge in [0, 0.05) is 24.1 Å². The van der Waals surface area contributed by atoms with Gasteiger partial charge in [0.25, 0.3) is 5.56 Å². The monoisotopic (exact) mass is 510 g/mol. The first-order valence-electron chi connectivity index (χ1n) is 12.9. The predicted octanol–water partition coefficient (Wildman–Crippen LogP) is 6.26. The number of nitrogens with zero attached hydrogens (tertiary/aromatic N) is 4. The highest BCUT2D eigenvalue weighted by Crippen LogP contribution is 2.27. The van der Waals surface area contributed by atoms with Gasteiger partial charge in [0.1, 0.15) is 5.82 Å². The summed E-state index contributed by atoms with van der Waals surface area (Å²) >= 11 is 0. The Hall–Kier alpha value is -4.31. The van der Waals surface area contributed by atoms with Gasteiger partial charge in [-0.25, -0.2) is 4.98 Å². The van der Waals surface area contributed by atoms with Gasteiger partial charge in [-0.3, -0.25) is 9.36 Å². The molecule has 1 atom stereocenters. The van der Waals surface area contributed by atoms with E-state index < -0.39 is 5.95 Å². The fourth-order valence-electron chi connectivity index (χ4n) is 4.81. The number of benzene rings is 2. The standard InChI is InChI=1S/C31H31FN4O2/c1-4-6-10-29-35-30(37)26(31(38)36(29)27(5-2)24-9-7-8-22(17-24)19-33)18-21-11-13-23(14-12-21)25-15-16-28(32)34-20(25)3/h7-9,11-17,27,37H,4-6,10,18H2,1-3H3/t27-/m0/s1. The molecule has 2 aromatic heterocycles. The molecule has 1 N–H and O–H groups in total. The van der Waals surface area contributed by atoms with Crippen molar-refractivity contribution < 1.29 is 9.50 Å². The minimum atomic E-state index is -0.519. The molecule has 0 amide bonds. The highest BCUT2D eigenvalue weighted by molar-refractivity contribution is 5.65. The number of hydrogen-bond acceptors (Lipinski definition) is 5. The summed E-state index contributed by atoms with van der Waals surface area (Å²) < 4.78 is 15.1. The highest BCUT2D eigenvalue weighted by Gasteiger charge is 2.23. The topological polar surface area (TPSA) is 91.8 Å². The Balaban J connectivity index is 1.75. The first kappa shape index (κ1) is 26.7. The lowest BCUT2D eigenvalue weighted by atomic mass is 9.99. The molecular weight excluding hydrogens is 479 g/mol. The number of aromatic nitrogens is 3. The minimum Gasteiger partial charge on any atom is -0.493 e. The van der Waals surface area contributed by atoms with Crippen LogP contribution in [0.5, 0.6) is 5.88 Å². The summed E-state index contributed by atoms with van der Waals surface area (Å²) in [5.74, 6) is -0.225. The third-order valence-corrected chi connectivity index (χ3v) is 6.81. The Morgan fingerprint density at radius 1 is 1.08 bits per heavy atom. The lowest BCUT2D eigenvalue weighted by molar-refractivity contribution is 0.420. The van der Waals surface area contributed by atoms with E-state index in [0.717, 1.165) is 35.1 Å². The van der Waals surface area contributed by atoms with Crippen LogP contribution in [0.15, 0.2) is 65.5 Å². The Kier molecular flexibility index (Phi) is 8.32. The molecule has 0 bridgehead atoms. The van der Waals surface area contributed by atoms with Gasteiger partial charge in [-0.05, 0) is 60.7 Å². The second kappa shape index (κ2) is 11.8. The fourth-order valence-corrected chi connectivity index (χ4v) is 4.81. The van der Waals surface area contributed by atoms with Crippen molar-refractivity contribution in [3.8, 4) is 23.1 Å². The summed E-state index contributed by atoms with van der Waals surface area (Å²) in [6.45, 7) is 5.82. The highest BCUT2D eigenvalue weighted by atomic mass is 19.1. The van der Waals surface area contributed by atoms with Gasteiger partial charge in [0.2, 0.25) is 11.8 Å². The SMILES string of the molecule is CCCCc1nc(O)c(Cc2ccc(-c3ccc(F)nc3C)cc2)c(=O)n1[C@@H](CC)c1cccc(C#N)c1. The normalized spacial score (nSPS) is 11.8. The molecule has 0 unspecified atom stereocenters. The number of aromatic hydroxyl groups is 1. The molecule has 194 valence electrons. The van der Waals surface area contributed by atoms with Crippen LogP contribution >= 0.6 is 0 Å². The predicted molar refractivity (Wildman–Crippen MR) is 146 cm³/mol. The maximum Gasteiger partial charge on any atom is 0.261 e. The molecule has 0 aliphatic rings. The molecule has 6 nitrogen and oxygen atoms in total. The van der Waals surface area contributed by atoms with E-state index in [4.69, 9.17) is 0 Å². The van der Waals surface area contributed by atoms with E-state index >= 15 is 0 Å². The molecule has 0 aliphatic heterocycles. The number of unbranched alkanes of at least 4 members (excludes halogenated alkanes) is 1. The molecule has 38 heavy (non-hydrogen) atoms. The molecule has 0 saturated carbocycles. The number of hydrogen-bond donors (Lipinski definition) is 1. The van der Waals surface area contributed by atoms with E-state index in [1.165, 1.54) is 6.07 Å². The van der Waals surface area contributed by atoms with Crippen LogP contribution in [-0.4, -0.2) is 19.6 Å². The molecule has 4 aromatic rings. The van der Waals surface area contributed by atoms with Gasteiger partial charge in [-0.15, -0.1) is 0 Å². The van der Waals surface area contributed by atoms with Crippen molar-refractivity contribution in [1.82, 2.24) is 14.5 Å². The lowest BCUT2D eigenvalue weighted by Crippen LogP contribution is -2.32. The molecule has 2 aromatic carbocycles. The summed E-state index contributed by atoms with van der Waals surface area (Å²) in [6, 6.07) is 19.8. The van der Waals surface area contributed by atoms with E-state index in [0.29, 0.717) is 29.9 Å². The average molecular weight is 511 g/mol. The third kappa shape index (κ3) is 5.65. The quantitative estimate of drug-likeness (QED) is 0.268. The second-order valence-corrected chi connectivity index (χ2v) is 9.41. The van der Waals surface area contributed by atoms with Gasteiger partial charge in [0.05, 0.1) is 23.2 Å². The van der Waals surface area contributed by atoms with Crippen LogP contribution in [0.3, 0.4) is 0 Å². The summed E-state index contributed by atoms with van der Waals surface area (Å²) in [5, 5.41) is 20.2. The van der Waals surface area contributed by atoms with Gasteiger partial charge in [-0.1, -0.05) is 56.7 Å². The van der Waals surface area contributed by atoms with Crippen molar-refractivity contribution in [1.29, 1.82) is 5.26 Å². The van der Waals surface area contributed by atoms with Crippen molar-refractivity contribution in [3.05, 3.63) is 111 Å². The van der Waals surface area contributed by atoms with Crippen molar-refractivity contribution >= 4 is 0 Å². The van der Waals surface area contributed by atoms with E-state index in [2.05, 4.69) is 23.0 Å². The number of rotatable bonds is 9. The van der Waals surface area contributed by atoms with Crippen molar-refractivity contribution in [2.24, 2.45) is 0 Å². The lowest BCUT2D eigenvalue weighted by Gasteiger charge is -2.23. The van der Waals surface area contributed by atoms with Crippen molar-refractivity contribution in [2.75, 3.05) is 0 Å². The van der Waals surface area contributed by atoms with E-state index in [-0.39, 0.29) is 29.5 Å². The summed E-state index contributed by atoms with van der Waals surface area (Å²) in [6.07, 6.45) is 3.15. The molecule has 0 aliphatic carbocycles. The van der Waals surface area contributed by atoms with Gasteiger partial charge in [-0.2, -0.15) is 14.6 Å². The van der Waals surface area contributed by atoms with Crippen LogP contribution in [-0.2, 0) is 12.8 Å². The average Bonchev–Trinajstić information content (AvgIpc) is 2.92. The van der Waals surface area contributed by atoms with Crippen LogP contribution < -0.4 is 5.56 Å². The van der Waals surface area contributed by atoms with Gasteiger partial charge in [0.15, 0.2) is 0 Å². The maximum absolute atomic E-state index is 13.9. The summed E-state index contributed by atoms with van der Waals surface area (Å²) in [5.41, 5.74) is 4.49. The molecule has 4 rings (SSSR count). The molecule has 0 saturated heterocycles. The van der Waals surface area contributed by atoms with Crippen LogP contribution in [0.4, 0.5) is 4.39 Å². The number of aryl methyl sites for hydroxylation is 2. The number of pyridine rings is 1. The number of nitriles is 1. The van der Waals surface area contributed by atoms with Gasteiger partial charge < -0.3 is 5.11 Å². The van der Waals surface area contributed by atoms with Crippen LogP contribution in [0, 0.1) is 24.2 Å². The summed E-state index contributed by atoms with van der Waals surface area (Å²) in [7, 11) is 0. The molecular formula is C31H31FN4O2. The molecule has 0 fully saturated rings. The van der Waals surface area contributed by atoms with Crippen LogP contribution in [0.25, 0.3) is 11.1 Å². The van der Waals surface area contributed by atoms with Crippen molar-refractivity contribution in [2.45, 2.75) is 58.9 Å². The molecule has 2 heterocycles. The third-order valence-electron chi connectivity index (χ3n) is 6.81. The Bertz CT molecular complexity index is 1540. The number of halogens is 1. The summed E-state index contributed by atoms with van der Waals surface area (Å²) in [4.78, 5) is 22.3. The largest absolute Gasteiger partial charge is 0.493 e.